The third kappa shape index (κ3) is 2.34. The minimum atomic E-state index is -0.241. The molecule has 0 fully saturated rings. The lowest BCUT2D eigenvalue weighted by Crippen LogP contribution is -2.42. The smallest absolute Gasteiger partial charge is 0.265 e. The first-order valence-corrected chi connectivity index (χ1v) is 8.36. The second-order valence-electron chi connectivity index (χ2n) is 5.51. The van der Waals surface area contributed by atoms with Crippen molar-refractivity contribution >= 4 is 50.9 Å². The van der Waals surface area contributed by atoms with Crippen LogP contribution in [0.1, 0.15) is 15.9 Å². The van der Waals surface area contributed by atoms with Crippen LogP contribution in [0.5, 0.6) is 0 Å². The molecule has 3 nitrogen and oxygen atoms in total. The maximum atomic E-state index is 13.0. The van der Waals surface area contributed by atoms with Crippen LogP contribution in [0.3, 0.4) is 0 Å². The van der Waals surface area contributed by atoms with Crippen molar-refractivity contribution in [1.82, 2.24) is 0 Å². The molecule has 0 N–H and O–H groups in total. The number of carbonyl (C=O) groups excluding carboxylic acids is 2. The molecule has 1 heterocycles. The highest BCUT2D eigenvalue weighted by Gasteiger charge is 2.33. The van der Waals surface area contributed by atoms with E-state index < -0.39 is 0 Å². The van der Waals surface area contributed by atoms with Gasteiger partial charge in [0.25, 0.3) is 5.91 Å². The lowest BCUT2D eigenvalue weighted by molar-refractivity contribution is -0.117. The van der Waals surface area contributed by atoms with Gasteiger partial charge in [-0.2, -0.15) is 0 Å². The predicted molar refractivity (Wildman–Crippen MR) is 98.6 cm³/mol. The Morgan fingerprint density at radius 2 is 1.61 bits per heavy atom. The standard InChI is InChI=1S/C19H12INO2/c20-14-7-9-15(10-8-14)21-17(22)11-13-6-5-12-3-1-2-4-16(12)18(13)19(21)23/h1-10H,11H2. The van der Waals surface area contributed by atoms with Gasteiger partial charge in [0.05, 0.1) is 17.7 Å². The molecule has 0 saturated heterocycles. The quantitative estimate of drug-likeness (QED) is 0.444. The summed E-state index contributed by atoms with van der Waals surface area (Å²) in [6.07, 6.45) is 0.248. The third-order valence-electron chi connectivity index (χ3n) is 4.11. The number of hydrogen-bond acceptors (Lipinski definition) is 2. The van der Waals surface area contributed by atoms with Gasteiger partial charge < -0.3 is 0 Å². The second kappa shape index (κ2) is 5.45. The number of rotatable bonds is 1. The molecule has 0 atom stereocenters. The van der Waals surface area contributed by atoms with Crippen LogP contribution in [-0.2, 0) is 11.2 Å². The van der Waals surface area contributed by atoms with Crippen LogP contribution in [0.2, 0.25) is 0 Å². The number of benzene rings is 3. The SMILES string of the molecule is O=C1Cc2ccc3ccccc3c2C(=O)N1c1ccc(I)cc1. The number of amides is 2. The van der Waals surface area contributed by atoms with E-state index in [1.807, 2.05) is 60.7 Å². The van der Waals surface area contributed by atoms with E-state index in [0.717, 1.165) is 19.9 Å². The minimum Gasteiger partial charge on any atom is -0.274 e. The summed E-state index contributed by atoms with van der Waals surface area (Å²) < 4.78 is 1.06. The molecule has 0 unspecified atom stereocenters. The van der Waals surface area contributed by atoms with E-state index in [-0.39, 0.29) is 18.2 Å². The van der Waals surface area contributed by atoms with Crippen LogP contribution in [0, 0.1) is 3.57 Å². The Bertz CT molecular complexity index is 947. The normalized spacial score (nSPS) is 14.2. The zero-order valence-electron chi connectivity index (χ0n) is 12.1. The van der Waals surface area contributed by atoms with Gasteiger partial charge >= 0.3 is 0 Å². The van der Waals surface area contributed by atoms with Crippen molar-refractivity contribution in [3.63, 3.8) is 0 Å². The molecule has 3 aromatic carbocycles. The monoisotopic (exact) mass is 413 g/mol. The van der Waals surface area contributed by atoms with E-state index in [1.165, 1.54) is 4.90 Å². The fourth-order valence-electron chi connectivity index (χ4n) is 3.04. The Kier molecular flexibility index (Phi) is 3.41. The van der Waals surface area contributed by atoms with Gasteiger partial charge in [-0.15, -0.1) is 0 Å². The van der Waals surface area contributed by atoms with E-state index in [2.05, 4.69) is 22.6 Å². The molecule has 4 heteroatoms. The van der Waals surface area contributed by atoms with Crippen LogP contribution in [0.25, 0.3) is 10.8 Å². The van der Waals surface area contributed by atoms with Gasteiger partial charge in [0, 0.05) is 3.57 Å². The summed E-state index contributed by atoms with van der Waals surface area (Å²) in [5.74, 6) is -0.423. The molecule has 0 aromatic heterocycles. The van der Waals surface area contributed by atoms with Gasteiger partial charge in [-0.25, -0.2) is 4.90 Å². The fraction of sp³-hybridized carbons (Fsp3) is 0.0526. The summed E-state index contributed by atoms with van der Waals surface area (Å²) in [5.41, 5.74) is 2.07. The lowest BCUT2D eigenvalue weighted by Gasteiger charge is -2.27. The van der Waals surface area contributed by atoms with Crippen molar-refractivity contribution in [3.05, 3.63) is 75.4 Å². The van der Waals surface area contributed by atoms with Gasteiger partial charge in [-0.1, -0.05) is 36.4 Å². The van der Waals surface area contributed by atoms with Crippen LogP contribution in [0.4, 0.5) is 5.69 Å². The Balaban J connectivity index is 1.91. The van der Waals surface area contributed by atoms with Crippen LogP contribution < -0.4 is 4.90 Å². The van der Waals surface area contributed by atoms with Gasteiger partial charge in [-0.3, -0.25) is 9.59 Å². The molecular weight excluding hydrogens is 401 g/mol. The molecule has 23 heavy (non-hydrogen) atoms. The van der Waals surface area contributed by atoms with Crippen LogP contribution in [0.15, 0.2) is 60.7 Å². The summed E-state index contributed by atoms with van der Waals surface area (Å²) in [6, 6.07) is 19.1. The second-order valence-corrected chi connectivity index (χ2v) is 6.75. The van der Waals surface area contributed by atoms with Crippen molar-refractivity contribution in [2.45, 2.75) is 6.42 Å². The highest BCUT2D eigenvalue weighted by molar-refractivity contribution is 14.1. The molecule has 0 radical (unpaired) electrons. The Morgan fingerprint density at radius 3 is 2.39 bits per heavy atom. The van der Waals surface area contributed by atoms with Crippen molar-refractivity contribution in [3.8, 4) is 0 Å². The third-order valence-corrected chi connectivity index (χ3v) is 4.83. The first-order valence-electron chi connectivity index (χ1n) is 7.28. The number of carbonyl (C=O) groups is 2. The summed E-state index contributed by atoms with van der Waals surface area (Å²) in [5, 5.41) is 1.91. The predicted octanol–water partition coefficient (Wildman–Crippen LogP) is 4.17. The maximum absolute atomic E-state index is 13.0. The molecule has 2 amide bonds. The molecule has 1 aliphatic rings. The Labute approximate surface area is 147 Å². The number of halogens is 1. The summed E-state index contributed by atoms with van der Waals surface area (Å²) >= 11 is 2.20. The van der Waals surface area contributed by atoms with Gasteiger partial charge in [0.1, 0.15) is 0 Å². The molecule has 3 aromatic rings. The van der Waals surface area contributed by atoms with Crippen molar-refractivity contribution < 1.29 is 9.59 Å². The molecule has 0 spiro atoms. The molecule has 4 rings (SSSR count). The highest BCUT2D eigenvalue weighted by Crippen LogP contribution is 2.31. The Morgan fingerprint density at radius 1 is 0.870 bits per heavy atom. The average Bonchev–Trinajstić information content (AvgIpc) is 2.56. The lowest BCUT2D eigenvalue weighted by atomic mass is 9.92. The zero-order chi connectivity index (χ0) is 16.0. The topological polar surface area (TPSA) is 37.4 Å². The summed E-state index contributed by atoms with van der Waals surface area (Å²) in [6.45, 7) is 0. The molecule has 112 valence electrons. The van der Waals surface area contributed by atoms with Crippen LogP contribution >= 0.6 is 22.6 Å². The van der Waals surface area contributed by atoms with Crippen LogP contribution in [-0.4, -0.2) is 11.8 Å². The first-order chi connectivity index (χ1) is 11.1. The van der Waals surface area contributed by atoms with Crippen molar-refractivity contribution in [2.75, 3.05) is 4.90 Å². The Hall–Kier alpha value is -2.21. The number of fused-ring (bicyclic) bond motifs is 3. The van der Waals surface area contributed by atoms with E-state index in [1.54, 1.807) is 0 Å². The van der Waals surface area contributed by atoms with Gasteiger partial charge in [0.2, 0.25) is 5.91 Å². The van der Waals surface area contributed by atoms with E-state index in [4.69, 9.17) is 0 Å². The van der Waals surface area contributed by atoms with E-state index in [9.17, 15) is 9.59 Å². The average molecular weight is 413 g/mol. The molecule has 0 saturated carbocycles. The summed E-state index contributed by atoms with van der Waals surface area (Å²) in [4.78, 5) is 26.8. The summed E-state index contributed by atoms with van der Waals surface area (Å²) in [7, 11) is 0. The fourth-order valence-corrected chi connectivity index (χ4v) is 3.39. The maximum Gasteiger partial charge on any atom is 0.265 e. The molecule has 0 aliphatic carbocycles. The zero-order valence-corrected chi connectivity index (χ0v) is 14.3. The van der Waals surface area contributed by atoms with Crippen molar-refractivity contribution in [2.24, 2.45) is 0 Å². The van der Waals surface area contributed by atoms with E-state index >= 15 is 0 Å². The number of anilines is 1. The van der Waals surface area contributed by atoms with E-state index in [0.29, 0.717) is 11.3 Å². The molecular formula is C19H12INO2. The number of nitrogens with zero attached hydrogens (tertiary/aromatic N) is 1. The molecule has 1 aliphatic heterocycles. The number of hydrogen-bond donors (Lipinski definition) is 0. The van der Waals surface area contributed by atoms with Gasteiger partial charge in [-0.05, 0) is 63.2 Å². The largest absolute Gasteiger partial charge is 0.274 e. The highest BCUT2D eigenvalue weighted by atomic mass is 127. The first kappa shape index (κ1) is 14.4. The minimum absolute atomic E-state index is 0.181. The number of imide groups is 1. The van der Waals surface area contributed by atoms with Gasteiger partial charge in [0.15, 0.2) is 0 Å². The molecule has 0 bridgehead atoms. The van der Waals surface area contributed by atoms with Crippen molar-refractivity contribution in [1.29, 1.82) is 0 Å².